The lowest BCUT2D eigenvalue weighted by molar-refractivity contribution is -0.141. The monoisotopic (exact) mass is 466 g/mol. The lowest BCUT2D eigenvalue weighted by atomic mass is 9.87. The van der Waals surface area contributed by atoms with E-state index in [-0.39, 0.29) is 30.5 Å². The predicted molar refractivity (Wildman–Crippen MR) is 133 cm³/mol. The Balaban J connectivity index is 1.44. The third-order valence-corrected chi connectivity index (χ3v) is 5.96. The van der Waals surface area contributed by atoms with E-state index < -0.39 is 5.97 Å². The van der Waals surface area contributed by atoms with Crippen LogP contribution in [0.1, 0.15) is 56.6 Å². The van der Waals surface area contributed by atoms with E-state index in [1.54, 1.807) is 36.4 Å². The molecule has 0 aromatic heterocycles. The van der Waals surface area contributed by atoms with Crippen LogP contribution in [0.3, 0.4) is 0 Å². The molecule has 4 N–H and O–H groups in total. The van der Waals surface area contributed by atoms with Crippen molar-refractivity contribution in [1.82, 2.24) is 0 Å². The van der Waals surface area contributed by atoms with Gasteiger partial charge in [0.1, 0.15) is 5.75 Å². The second-order valence-electron chi connectivity index (χ2n) is 8.72. The highest BCUT2D eigenvalue weighted by Crippen LogP contribution is 2.28. The fraction of sp³-hybridized carbons (Fsp3) is 0.407. The molecule has 1 saturated carbocycles. The predicted octanol–water partition coefficient (Wildman–Crippen LogP) is 4.71. The maximum absolute atomic E-state index is 12.4. The van der Waals surface area contributed by atoms with Crippen molar-refractivity contribution in [2.24, 2.45) is 5.92 Å². The van der Waals surface area contributed by atoms with E-state index in [9.17, 15) is 9.59 Å². The second-order valence-corrected chi connectivity index (χ2v) is 8.72. The fourth-order valence-corrected chi connectivity index (χ4v) is 4.05. The molecule has 2 aromatic rings. The van der Waals surface area contributed by atoms with Gasteiger partial charge >= 0.3 is 11.9 Å². The number of hydrogen-bond donors (Lipinski definition) is 2. The van der Waals surface area contributed by atoms with E-state index in [1.807, 2.05) is 26.0 Å². The summed E-state index contributed by atoms with van der Waals surface area (Å²) in [6.07, 6.45) is 6.64. The quantitative estimate of drug-likeness (QED) is 0.238. The van der Waals surface area contributed by atoms with Crippen molar-refractivity contribution in [3.8, 4) is 5.75 Å². The van der Waals surface area contributed by atoms with Gasteiger partial charge in [-0.25, -0.2) is 4.79 Å². The number of rotatable bonds is 9. The third kappa shape index (κ3) is 7.63. The molecule has 0 radical (unpaired) electrons. The Morgan fingerprint density at radius 3 is 2.29 bits per heavy atom. The maximum Gasteiger partial charge on any atom is 0.330 e. The molecule has 0 heterocycles. The molecule has 0 aliphatic heterocycles. The van der Waals surface area contributed by atoms with E-state index in [2.05, 4.69) is 0 Å². The number of carbonyl (C=O) groups is 2. The van der Waals surface area contributed by atoms with Crippen LogP contribution in [-0.2, 0) is 19.1 Å². The smallest absolute Gasteiger partial charge is 0.330 e. The van der Waals surface area contributed by atoms with Crippen molar-refractivity contribution in [1.29, 1.82) is 0 Å². The molecule has 7 nitrogen and oxygen atoms in total. The van der Waals surface area contributed by atoms with Crippen molar-refractivity contribution in [3.05, 3.63) is 59.7 Å². The highest BCUT2D eigenvalue weighted by Gasteiger charge is 2.27. The summed E-state index contributed by atoms with van der Waals surface area (Å²) in [6.45, 7) is 4.85. The first kappa shape index (κ1) is 25.3. The number of nitrogen functional groups attached to an aromatic ring is 2. The zero-order chi connectivity index (χ0) is 24.5. The van der Waals surface area contributed by atoms with Crippen LogP contribution in [0.15, 0.2) is 48.5 Å². The Morgan fingerprint density at radius 2 is 1.68 bits per heavy atom. The van der Waals surface area contributed by atoms with Gasteiger partial charge in [-0.2, -0.15) is 0 Å². The van der Waals surface area contributed by atoms with Gasteiger partial charge in [-0.3, -0.25) is 4.79 Å². The van der Waals surface area contributed by atoms with E-state index in [0.29, 0.717) is 23.7 Å². The average Bonchev–Trinajstić information content (AvgIpc) is 2.82. The molecule has 3 rings (SSSR count). The summed E-state index contributed by atoms with van der Waals surface area (Å²) in [5.41, 5.74) is 14.5. The minimum atomic E-state index is -0.443. The number of esters is 2. The highest BCUT2D eigenvalue weighted by molar-refractivity contribution is 5.87. The molecular formula is C27H34N2O5. The Bertz CT molecular complexity index is 974. The Kier molecular flexibility index (Phi) is 9.10. The molecule has 1 aliphatic rings. The minimum Gasteiger partial charge on any atom is -0.462 e. The van der Waals surface area contributed by atoms with E-state index >= 15 is 0 Å². The molecule has 2 aromatic carbocycles. The van der Waals surface area contributed by atoms with E-state index in [4.69, 9.17) is 25.7 Å². The van der Waals surface area contributed by atoms with Crippen LogP contribution in [0.2, 0.25) is 0 Å². The fourth-order valence-electron chi connectivity index (χ4n) is 4.05. The normalized spacial score (nSPS) is 19.0. The summed E-state index contributed by atoms with van der Waals surface area (Å²) in [7, 11) is 0. The molecule has 1 aliphatic carbocycles. The van der Waals surface area contributed by atoms with Gasteiger partial charge < -0.3 is 25.7 Å². The molecule has 182 valence electrons. The Labute approximate surface area is 201 Å². The number of carbonyl (C=O) groups excluding carboxylic acids is 2. The van der Waals surface area contributed by atoms with Gasteiger partial charge in [-0.05, 0) is 80.1 Å². The lowest BCUT2D eigenvalue weighted by Crippen LogP contribution is -2.28. The van der Waals surface area contributed by atoms with Crippen LogP contribution < -0.4 is 16.2 Å². The van der Waals surface area contributed by atoms with Gasteiger partial charge in [-0.1, -0.05) is 19.1 Å². The average molecular weight is 467 g/mol. The molecule has 1 fully saturated rings. The van der Waals surface area contributed by atoms with Crippen molar-refractivity contribution in [2.45, 2.75) is 51.6 Å². The molecule has 7 heteroatoms. The Hall–Kier alpha value is -3.32. The highest BCUT2D eigenvalue weighted by atomic mass is 16.5. The largest absolute Gasteiger partial charge is 0.462 e. The summed E-state index contributed by atoms with van der Waals surface area (Å²) in [4.78, 5) is 24.5. The van der Waals surface area contributed by atoms with Crippen LogP contribution in [0, 0.1) is 5.92 Å². The van der Waals surface area contributed by atoms with Crippen molar-refractivity contribution in [3.63, 3.8) is 0 Å². The number of ether oxygens (including phenoxy) is 3. The molecule has 0 bridgehead atoms. The topological polar surface area (TPSA) is 114 Å². The lowest BCUT2D eigenvalue weighted by Gasteiger charge is -2.26. The number of hydrogen-bond acceptors (Lipinski definition) is 7. The van der Waals surface area contributed by atoms with Gasteiger partial charge in [0.05, 0.1) is 18.6 Å². The molecule has 34 heavy (non-hydrogen) atoms. The maximum atomic E-state index is 12.4. The zero-order valence-corrected chi connectivity index (χ0v) is 19.9. The van der Waals surface area contributed by atoms with Gasteiger partial charge in [0.25, 0.3) is 0 Å². The van der Waals surface area contributed by atoms with Crippen molar-refractivity contribution in [2.75, 3.05) is 24.7 Å². The summed E-state index contributed by atoms with van der Waals surface area (Å²) >= 11 is 0. The van der Waals surface area contributed by atoms with E-state index in [1.165, 1.54) is 6.08 Å². The summed E-state index contributed by atoms with van der Waals surface area (Å²) in [5, 5.41) is 0. The zero-order valence-electron chi connectivity index (χ0n) is 19.9. The van der Waals surface area contributed by atoms with Crippen LogP contribution in [0.5, 0.6) is 5.75 Å². The summed E-state index contributed by atoms with van der Waals surface area (Å²) in [6, 6.07) is 12.4. The molecule has 0 amide bonds. The minimum absolute atomic E-state index is 0.0358. The van der Waals surface area contributed by atoms with Gasteiger partial charge in [0.2, 0.25) is 0 Å². The van der Waals surface area contributed by atoms with Crippen LogP contribution in [-0.4, -0.2) is 31.3 Å². The molecular weight excluding hydrogens is 432 g/mol. The van der Waals surface area contributed by atoms with Crippen molar-refractivity contribution < 1.29 is 23.8 Å². The standard InChI is InChI=1S/C27H34N2O5/c1-3-32-24-11-7-20(8-12-24)27(31)34-25-9-4-19(5-10-25)6-13-26(30)33-17-18(2)21-14-22(28)16-23(29)15-21/h4-6,9-10,13-16,18,20,24H,3,7-8,11-12,17,28-29H2,1-2H3/b13-6+. The third-order valence-electron chi connectivity index (χ3n) is 5.96. The van der Waals surface area contributed by atoms with Gasteiger partial charge in [-0.15, -0.1) is 0 Å². The summed E-state index contributed by atoms with van der Waals surface area (Å²) < 4.78 is 16.5. The molecule has 1 unspecified atom stereocenters. The molecule has 0 saturated heterocycles. The van der Waals surface area contributed by atoms with Gasteiger partial charge in [0.15, 0.2) is 0 Å². The first-order valence-corrected chi connectivity index (χ1v) is 11.8. The van der Waals surface area contributed by atoms with Crippen LogP contribution >= 0.6 is 0 Å². The van der Waals surface area contributed by atoms with Gasteiger partial charge in [0, 0.05) is 30.0 Å². The van der Waals surface area contributed by atoms with Crippen LogP contribution in [0.4, 0.5) is 11.4 Å². The first-order valence-electron chi connectivity index (χ1n) is 11.8. The Morgan fingerprint density at radius 1 is 1.03 bits per heavy atom. The molecule has 0 spiro atoms. The van der Waals surface area contributed by atoms with E-state index in [0.717, 1.165) is 36.8 Å². The number of nitrogens with two attached hydrogens (primary N) is 2. The summed E-state index contributed by atoms with van der Waals surface area (Å²) in [5.74, 6) is -0.268. The SMILES string of the molecule is CCOC1CCC(C(=O)Oc2ccc(/C=C/C(=O)OCC(C)c3cc(N)cc(N)c3)cc2)CC1. The number of anilines is 2. The van der Waals surface area contributed by atoms with Crippen LogP contribution in [0.25, 0.3) is 6.08 Å². The second kappa shape index (κ2) is 12.2. The van der Waals surface area contributed by atoms with Crippen molar-refractivity contribution >= 4 is 29.4 Å². The molecule has 1 atom stereocenters. The first-order chi connectivity index (χ1) is 16.3. The number of benzene rings is 2.